The van der Waals surface area contributed by atoms with E-state index in [1.807, 2.05) is 0 Å². The lowest BCUT2D eigenvalue weighted by Crippen LogP contribution is -2.15. The summed E-state index contributed by atoms with van der Waals surface area (Å²) in [5, 5.41) is 12.1. The van der Waals surface area contributed by atoms with Crippen molar-refractivity contribution in [3.8, 4) is 22.3 Å². The van der Waals surface area contributed by atoms with Crippen molar-refractivity contribution < 1.29 is 49.1 Å². The fourth-order valence-electron chi connectivity index (χ4n) is 5.23. The van der Waals surface area contributed by atoms with Crippen LogP contribution < -0.4 is 10.6 Å². The van der Waals surface area contributed by atoms with Crippen LogP contribution in [0.1, 0.15) is 38.5 Å². The second kappa shape index (κ2) is 16.3. The quantitative estimate of drug-likeness (QED) is 0.0915. The number of para-hydroxylation sites is 2. The van der Waals surface area contributed by atoms with Crippen LogP contribution in [0.15, 0.2) is 79.0 Å². The van der Waals surface area contributed by atoms with E-state index in [0.29, 0.717) is 12.1 Å². The van der Waals surface area contributed by atoms with Gasteiger partial charge < -0.3 is 10.6 Å². The SMILES string of the molecule is Cn1cc(C(=O)Nc2ccccc2-c2cc(F)c(F)cc2F)c(C(F)F)n1.Cn1nc(Cl)c(C(=O)Nc2ccccc2-c2cc(F)c(F)c(F)c2)c1CF. The van der Waals surface area contributed by atoms with Crippen molar-refractivity contribution in [2.24, 2.45) is 14.1 Å². The zero-order valence-corrected chi connectivity index (χ0v) is 28.4. The van der Waals surface area contributed by atoms with Crippen molar-refractivity contribution in [1.29, 1.82) is 0 Å². The van der Waals surface area contributed by atoms with Crippen LogP contribution in [0.2, 0.25) is 5.15 Å². The van der Waals surface area contributed by atoms with E-state index in [2.05, 4.69) is 20.8 Å². The van der Waals surface area contributed by atoms with Crippen LogP contribution in [0, 0.1) is 34.9 Å². The van der Waals surface area contributed by atoms with Crippen LogP contribution in [-0.2, 0) is 20.8 Å². The molecule has 2 heterocycles. The lowest BCUT2D eigenvalue weighted by molar-refractivity contribution is 0.100. The first-order valence-corrected chi connectivity index (χ1v) is 15.7. The van der Waals surface area contributed by atoms with Crippen LogP contribution in [0.25, 0.3) is 22.3 Å². The molecule has 0 atom stereocenters. The molecule has 6 rings (SSSR count). The maximum atomic E-state index is 14.1. The van der Waals surface area contributed by atoms with Gasteiger partial charge in [-0.15, -0.1) is 0 Å². The minimum Gasteiger partial charge on any atom is -0.321 e. The molecule has 0 unspecified atom stereocenters. The van der Waals surface area contributed by atoms with Crippen molar-refractivity contribution in [3.05, 3.63) is 142 Å². The number of hydrogen-bond acceptors (Lipinski definition) is 4. The molecule has 0 spiro atoms. The zero-order chi connectivity index (χ0) is 39.4. The lowest BCUT2D eigenvalue weighted by atomic mass is 10.0. The highest BCUT2D eigenvalue weighted by molar-refractivity contribution is 6.33. The van der Waals surface area contributed by atoms with Crippen LogP contribution in [0.5, 0.6) is 0 Å². The molecule has 2 N–H and O–H groups in total. The number of amides is 2. The number of halogens is 10. The number of carbonyl (C=O) groups is 2. The number of rotatable bonds is 8. The average molecular weight is 779 g/mol. The van der Waals surface area contributed by atoms with Gasteiger partial charge in [-0.1, -0.05) is 48.0 Å². The average Bonchev–Trinajstić information content (AvgIpc) is 3.67. The summed E-state index contributed by atoms with van der Waals surface area (Å²) in [7, 11) is 2.82. The minimum atomic E-state index is -2.97. The van der Waals surface area contributed by atoms with Gasteiger partial charge in [0.25, 0.3) is 18.2 Å². The van der Waals surface area contributed by atoms with Crippen molar-refractivity contribution in [2.75, 3.05) is 10.6 Å². The van der Waals surface area contributed by atoms with Crippen LogP contribution >= 0.6 is 11.6 Å². The van der Waals surface area contributed by atoms with E-state index in [1.165, 1.54) is 50.5 Å². The molecule has 8 nitrogen and oxygen atoms in total. The molecule has 18 heteroatoms. The second-order valence-electron chi connectivity index (χ2n) is 11.3. The molecule has 6 aromatic rings. The van der Waals surface area contributed by atoms with Crippen molar-refractivity contribution in [1.82, 2.24) is 19.6 Å². The highest BCUT2D eigenvalue weighted by Gasteiger charge is 2.25. The molecule has 0 aliphatic rings. The van der Waals surface area contributed by atoms with E-state index in [1.54, 1.807) is 12.1 Å². The van der Waals surface area contributed by atoms with E-state index < -0.39 is 65.5 Å². The Morgan fingerprint density at radius 2 is 1.28 bits per heavy atom. The summed E-state index contributed by atoms with van der Waals surface area (Å²) in [5.41, 5.74) is -0.971. The number of carbonyl (C=O) groups excluding carboxylic acids is 2. The Hall–Kier alpha value is -6.10. The topological polar surface area (TPSA) is 93.8 Å². The largest absolute Gasteiger partial charge is 0.321 e. The number of aryl methyl sites for hydroxylation is 2. The van der Waals surface area contributed by atoms with Crippen molar-refractivity contribution in [2.45, 2.75) is 13.1 Å². The first-order chi connectivity index (χ1) is 25.6. The Kier molecular flexibility index (Phi) is 11.8. The smallest absolute Gasteiger partial charge is 0.282 e. The fraction of sp³-hybridized carbons (Fsp3) is 0.111. The molecule has 0 bridgehead atoms. The second-order valence-corrected chi connectivity index (χ2v) is 11.6. The van der Waals surface area contributed by atoms with Crippen LogP contribution in [-0.4, -0.2) is 31.4 Å². The van der Waals surface area contributed by atoms with Gasteiger partial charge in [-0.05, 0) is 35.9 Å². The van der Waals surface area contributed by atoms with E-state index >= 15 is 0 Å². The monoisotopic (exact) mass is 778 g/mol. The van der Waals surface area contributed by atoms with E-state index in [-0.39, 0.29) is 55.6 Å². The molecule has 4 aromatic carbocycles. The van der Waals surface area contributed by atoms with E-state index in [0.717, 1.165) is 27.7 Å². The Labute approximate surface area is 304 Å². The third kappa shape index (κ3) is 8.25. The van der Waals surface area contributed by atoms with Gasteiger partial charge in [0.15, 0.2) is 34.2 Å². The molecule has 0 aliphatic carbocycles. The maximum Gasteiger partial charge on any atom is 0.282 e. The number of nitrogens with zero attached hydrogens (tertiary/aromatic N) is 4. The highest BCUT2D eigenvalue weighted by atomic mass is 35.5. The Morgan fingerprint density at radius 3 is 1.89 bits per heavy atom. The number of alkyl halides is 3. The molecule has 2 aromatic heterocycles. The molecule has 0 saturated heterocycles. The van der Waals surface area contributed by atoms with Gasteiger partial charge in [0.05, 0.1) is 11.3 Å². The zero-order valence-electron chi connectivity index (χ0n) is 27.7. The van der Waals surface area contributed by atoms with Gasteiger partial charge in [-0.3, -0.25) is 19.0 Å². The van der Waals surface area contributed by atoms with Gasteiger partial charge in [0, 0.05) is 54.4 Å². The summed E-state index contributed by atoms with van der Waals surface area (Å²) in [6, 6.07) is 14.6. The first kappa shape index (κ1) is 39.1. The number of aromatic nitrogens is 4. The van der Waals surface area contributed by atoms with Gasteiger partial charge in [0.2, 0.25) is 0 Å². The molecule has 0 radical (unpaired) electrons. The first-order valence-electron chi connectivity index (χ1n) is 15.3. The number of anilines is 2. The third-order valence-corrected chi connectivity index (χ3v) is 8.00. The third-order valence-electron chi connectivity index (χ3n) is 7.73. The van der Waals surface area contributed by atoms with Gasteiger partial charge in [-0.2, -0.15) is 10.2 Å². The molecule has 0 fully saturated rings. The summed E-state index contributed by atoms with van der Waals surface area (Å²) in [6.07, 6.45) is -1.84. The van der Waals surface area contributed by atoms with Crippen molar-refractivity contribution in [3.63, 3.8) is 0 Å². The Bertz CT molecular complexity index is 2360. The normalized spacial score (nSPS) is 11.0. The Morgan fingerprint density at radius 1 is 0.722 bits per heavy atom. The molecular formula is C36H24ClF9N6O2. The maximum absolute atomic E-state index is 14.1. The molecule has 0 saturated carbocycles. The number of benzene rings is 4. The molecule has 54 heavy (non-hydrogen) atoms. The van der Waals surface area contributed by atoms with Gasteiger partial charge in [-0.25, -0.2) is 39.5 Å². The summed E-state index contributed by atoms with van der Waals surface area (Å²) < 4.78 is 123. The summed E-state index contributed by atoms with van der Waals surface area (Å²) >= 11 is 5.91. The highest BCUT2D eigenvalue weighted by Crippen LogP contribution is 2.33. The van der Waals surface area contributed by atoms with E-state index in [4.69, 9.17) is 11.6 Å². The fourth-order valence-corrected chi connectivity index (χ4v) is 5.54. The minimum absolute atomic E-state index is 0.0188. The number of hydrogen-bond donors (Lipinski definition) is 2. The van der Waals surface area contributed by atoms with Crippen molar-refractivity contribution >= 4 is 34.8 Å². The van der Waals surface area contributed by atoms with Gasteiger partial charge >= 0.3 is 0 Å². The molecular weight excluding hydrogens is 755 g/mol. The summed E-state index contributed by atoms with van der Waals surface area (Å²) in [4.78, 5) is 25.0. The summed E-state index contributed by atoms with van der Waals surface area (Å²) in [5.74, 6) is -9.60. The van der Waals surface area contributed by atoms with Crippen LogP contribution in [0.4, 0.5) is 50.9 Å². The lowest BCUT2D eigenvalue weighted by Gasteiger charge is -2.12. The predicted molar refractivity (Wildman–Crippen MR) is 181 cm³/mol. The van der Waals surface area contributed by atoms with E-state index in [9.17, 15) is 49.1 Å². The van der Waals surface area contributed by atoms with Crippen LogP contribution in [0.3, 0.4) is 0 Å². The Balaban J connectivity index is 0.000000208. The van der Waals surface area contributed by atoms with Gasteiger partial charge in [0.1, 0.15) is 23.7 Å². The summed E-state index contributed by atoms with van der Waals surface area (Å²) in [6.45, 7) is -0.963. The molecule has 280 valence electrons. The molecule has 2 amide bonds. The number of nitrogens with one attached hydrogen (secondary N) is 2. The molecule has 0 aliphatic heterocycles. The standard InChI is InChI=1S/C18H12ClF4N3O.C18H12F5N3O/c1-26-14(8-20)15(17(19)25-26)18(27)24-13-5-3-2-4-10(13)9-6-11(21)16(23)12(22)7-9;1-26-8-11(16(25-26)17(22)23)18(27)24-15-5-3-2-4-9(15)10-6-13(20)14(21)7-12(10)19/h2-7H,8H2,1H3,(H,24,27);2-8,17H,1H3,(H,24,27). The predicted octanol–water partition coefficient (Wildman–Crippen LogP) is 9.57.